The Kier molecular flexibility index (Phi) is 5.00. The predicted molar refractivity (Wildman–Crippen MR) is 88.8 cm³/mol. The number of sulfone groups is 1. The van der Waals surface area contributed by atoms with Crippen LogP contribution in [0.4, 0.5) is 5.95 Å². The Labute approximate surface area is 141 Å². The molecule has 0 N–H and O–H groups in total. The molecule has 2 fully saturated rings. The van der Waals surface area contributed by atoms with E-state index in [1.165, 1.54) is 0 Å². The number of aromatic nitrogens is 2. The van der Waals surface area contributed by atoms with Crippen LogP contribution in [0.25, 0.3) is 0 Å². The van der Waals surface area contributed by atoms with Crippen LogP contribution in [0.1, 0.15) is 23.8 Å². The minimum absolute atomic E-state index is 0.0357. The van der Waals surface area contributed by atoms with Gasteiger partial charge in [-0.25, -0.2) is 18.4 Å². The van der Waals surface area contributed by atoms with Crippen LogP contribution < -0.4 is 4.90 Å². The van der Waals surface area contributed by atoms with Crippen LogP contribution in [0.2, 0.25) is 0 Å². The highest BCUT2D eigenvalue weighted by molar-refractivity contribution is 7.91. The lowest BCUT2D eigenvalue weighted by Crippen LogP contribution is -2.42. The van der Waals surface area contributed by atoms with Crippen molar-refractivity contribution in [3.63, 3.8) is 0 Å². The maximum atomic E-state index is 12.8. The number of nitrogens with zero attached hydrogens (tertiary/aromatic N) is 4. The highest BCUT2D eigenvalue weighted by Crippen LogP contribution is 2.20. The third-order valence-corrected chi connectivity index (χ3v) is 6.16. The minimum atomic E-state index is -3.04. The van der Waals surface area contributed by atoms with Crippen molar-refractivity contribution in [2.24, 2.45) is 0 Å². The van der Waals surface area contributed by atoms with E-state index in [9.17, 15) is 13.2 Å². The van der Waals surface area contributed by atoms with Gasteiger partial charge in [-0.3, -0.25) is 4.79 Å². The fourth-order valence-electron chi connectivity index (χ4n) is 3.12. The molecule has 24 heavy (non-hydrogen) atoms. The first kappa shape index (κ1) is 17.1. The summed E-state index contributed by atoms with van der Waals surface area (Å²) in [6.45, 7) is 4.92. The van der Waals surface area contributed by atoms with Crippen LogP contribution in [-0.4, -0.2) is 79.6 Å². The van der Waals surface area contributed by atoms with Gasteiger partial charge in [0.2, 0.25) is 5.95 Å². The highest BCUT2D eigenvalue weighted by atomic mass is 32.2. The Bertz CT molecular complexity index is 703. The monoisotopic (exact) mass is 354 g/mol. The van der Waals surface area contributed by atoms with Crippen LogP contribution in [-0.2, 0) is 14.6 Å². The Hall–Kier alpha value is -1.74. The molecule has 2 aliphatic heterocycles. The van der Waals surface area contributed by atoms with Gasteiger partial charge < -0.3 is 14.5 Å². The highest BCUT2D eigenvalue weighted by Gasteiger charge is 2.34. The van der Waals surface area contributed by atoms with Crippen molar-refractivity contribution < 1.29 is 17.9 Å². The molecule has 0 aliphatic carbocycles. The van der Waals surface area contributed by atoms with Crippen molar-refractivity contribution in [2.75, 3.05) is 49.3 Å². The molecule has 1 amide bonds. The molecule has 0 spiro atoms. The average molecular weight is 354 g/mol. The molecule has 3 heterocycles. The number of amides is 1. The summed E-state index contributed by atoms with van der Waals surface area (Å²) in [6, 6.07) is 1.31. The molecule has 1 atom stereocenters. The van der Waals surface area contributed by atoms with E-state index in [4.69, 9.17) is 4.74 Å². The summed E-state index contributed by atoms with van der Waals surface area (Å²) in [6.07, 6.45) is 2.06. The van der Waals surface area contributed by atoms with Gasteiger partial charge in [-0.1, -0.05) is 0 Å². The fourth-order valence-corrected chi connectivity index (χ4v) is 4.85. The molecule has 3 rings (SSSR count). The van der Waals surface area contributed by atoms with E-state index in [0.717, 1.165) is 0 Å². The normalized spacial score (nSPS) is 23.2. The van der Waals surface area contributed by atoms with Crippen LogP contribution >= 0.6 is 0 Å². The molecule has 0 bridgehead atoms. The van der Waals surface area contributed by atoms with Crippen molar-refractivity contribution in [3.05, 3.63) is 18.0 Å². The largest absolute Gasteiger partial charge is 0.378 e. The molecule has 2 aliphatic rings. The lowest BCUT2D eigenvalue weighted by Gasteiger charge is -2.28. The molecule has 0 aromatic carbocycles. The smallest absolute Gasteiger partial charge is 0.272 e. The van der Waals surface area contributed by atoms with E-state index < -0.39 is 9.84 Å². The number of ether oxygens (including phenoxy) is 1. The second kappa shape index (κ2) is 7.02. The number of carbonyl (C=O) groups is 1. The predicted octanol–water partition coefficient (Wildman–Crippen LogP) is -0.0376. The topological polar surface area (TPSA) is 92.7 Å². The van der Waals surface area contributed by atoms with Gasteiger partial charge in [0, 0.05) is 31.9 Å². The molecular weight excluding hydrogens is 332 g/mol. The summed E-state index contributed by atoms with van der Waals surface area (Å²) in [7, 11) is -3.04. The zero-order valence-electron chi connectivity index (χ0n) is 13.7. The van der Waals surface area contributed by atoms with E-state index in [-0.39, 0.29) is 23.5 Å². The Morgan fingerprint density at radius 2 is 2.17 bits per heavy atom. The standard InChI is InChI=1S/C15H22N4O4S/c1-2-19(12-4-10-24(21,22)11-12)14(20)13-3-5-16-15(17-13)18-6-8-23-9-7-18/h3,5,12H,2,4,6-11H2,1H3. The summed E-state index contributed by atoms with van der Waals surface area (Å²) in [5.74, 6) is 0.453. The second-order valence-corrected chi connectivity index (χ2v) is 8.22. The van der Waals surface area contributed by atoms with Crippen molar-refractivity contribution in [1.29, 1.82) is 0 Å². The number of carbonyl (C=O) groups excluding carboxylic acids is 1. The van der Waals surface area contributed by atoms with Gasteiger partial charge in [-0.15, -0.1) is 0 Å². The molecule has 9 heteroatoms. The molecule has 132 valence electrons. The van der Waals surface area contributed by atoms with E-state index in [1.54, 1.807) is 17.2 Å². The van der Waals surface area contributed by atoms with Crippen LogP contribution in [0.3, 0.4) is 0 Å². The van der Waals surface area contributed by atoms with E-state index >= 15 is 0 Å². The molecule has 2 saturated heterocycles. The van der Waals surface area contributed by atoms with Gasteiger partial charge in [-0.2, -0.15) is 0 Å². The third-order valence-electron chi connectivity index (χ3n) is 4.41. The Morgan fingerprint density at radius 3 is 2.79 bits per heavy atom. The van der Waals surface area contributed by atoms with Crippen LogP contribution in [0.15, 0.2) is 12.3 Å². The first-order chi connectivity index (χ1) is 11.5. The molecule has 0 saturated carbocycles. The van der Waals surface area contributed by atoms with E-state index in [2.05, 4.69) is 9.97 Å². The van der Waals surface area contributed by atoms with Gasteiger partial charge in [0.1, 0.15) is 5.69 Å². The molecular formula is C15H22N4O4S. The molecule has 8 nitrogen and oxygen atoms in total. The summed E-state index contributed by atoms with van der Waals surface area (Å²) >= 11 is 0. The second-order valence-electron chi connectivity index (χ2n) is 5.99. The third kappa shape index (κ3) is 3.67. The zero-order chi connectivity index (χ0) is 17.2. The zero-order valence-corrected chi connectivity index (χ0v) is 14.5. The maximum Gasteiger partial charge on any atom is 0.272 e. The van der Waals surface area contributed by atoms with E-state index in [1.807, 2.05) is 11.8 Å². The van der Waals surface area contributed by atoms with Crippen LogP contribution in [0, 0.1) is 0 Å². The number of anilines is 1. The van der Waals surface area contributed by atoms with Gasteiger partial charge in [0.15, 0.2) is 9.84 Å². The molecule has 1 aromatic heterocycles. The Balaban J connectivity index is 1.78. The summed E-state index contributed by atoms with van der Waals surface area (Å²) in [5, 5.41) is 0. The molecule has 1 unspecified atom stereocenters. The number of morpholine rings is 1. The van der Waals surface area contributed by atoms with Crippen molar-refractivity contribution in [3.8, 4) is 0 Å². The van der Waals surface area contributed by atoms with Gasteiger partial charge in [0.05, 0.1) is 24.7 Å². The first-order valence-corrected chi connectivity index (χ1v) is 9.99. The van der Waals surface area contributed by atoms with E-state index in [0.29, 0.717) is 50.9 Å². The fraction of sp³-hybridized carbons (Fsp3) is 0.667. The van der Waals surface area contributed by atoms with Crippen LogP contribution in [0.5, 0.6) is 0 Å². The van der Waals surface area contributed by atoms with Gasteiger partial charge in [-0.05, 0) is 19.4 Å². The van der Waals surface area contributed by atoms with Crippen molar-refractivity contribution in [2.45, 2.75) is 19.4 Å². The number of rotatable bonds is 4. The van der Waals surface area contributed by atoms with Gasteiger partial charge >= 0.3 is 0 Å². The summed E-state index contributed by atoms with van der Waals surface area (Å²) in [4.78, 5) is 25.0. The molecule has 0 radical (unpaired) electrons. The maximum absolute atomic E-state index is 12.8. The van der Waals surface area contributed by atoms with Crippen molar-refractivity contribution >= 4 is 21.7 Å². The summed E-state index contributed by atoms with van der Waals surface area (Å²) < 4.78 is 28.7. The molecule has 1 aromatic rings. The Morgan fingerprint density at radius 1 is 1.42 bits per heavy atom. The van der Waals surface area contributed by atoms with Crippen molar-refractivity contribution in [1.82, 2.24) is 14.9 Å². The minimum Gasteiger partial charge on any atom is -0.378 e. The lowest BCUT2D eigenvalue weighted by atomic mass is 10.2. The number of hydrogen-bond donors (Lipinski definition) is 0. The lowest BCUT2D eigenvalue weighted by molar-refractivity contribution is 0.0702. The quantitative estimate of drug-likeness (QED) is 0.749. The first-order valence-electron chi connectivity index (χ1n) is 8.17. The SMILES string of the molecule is CCN(C(=O)c1ccnc(N2CCOCC2)n1)C1CCS(=O)(=O)C1. The average Bonchev–Trinajstić information content (AvgIpc) is 2.96. The van der Waals surface area contributed by atoms with Gasteiger partial charge in [0.25, 0.3) is 5.91 Å². The summed E-state index contributed by atoms with van der Waals surface area (Å²) in [5.41, 5.74) is 0.303. The number of hydrogen-bond acceptors (Lipinski definition) is 7.